The summed E-state index contributed by atoms with van der Waals surface area (Å²) in [6.07, 6.45) is 0. The number of hydrogen-bond donors (Lipinski definition) is 1. The Balaban J connectivity index is 1.96. The molecule has 0 aromatic carbocycles. The van der Waals surface area contributed by atoms with Crippen LogP contribution in [0.25, 0.3) is 0 Å². The lowest BCUT2D eigenvalue weighted by Gasteiger charge is -2.21. The zero-order chi connectivity index (χ0) is 17.9. The number of ether oxygens (including phenoxy) is 1. The van der Waals surface area contributed by atoms with E-state index >= 15 is 0 Å². The van der Waals surface area contributed by atoms with Gasteiger partial charge in [-0.05, 0) is 5.92 Å². The number of carbonyl (C=O) groups is 1. The molecule has 2 heterocycles. The molecule has 0 saturated carbocycles. The molecular weight excluding hydrogens is 324 g/mol. The van der Waals surface area contributed by atoms with Crippen molar-refractivity contribution in [2.45, 2.75) is 39.7 Å². The highest BCUT2D eigenvalue weighted by molar-refractivity contribution is 7.09. The van der Waals surface area contributed by atoms with Crippen LogP contribution in [0.2, 0.25) is 0 Å². The lowest BCUT2D eigenvalue weighted by Crippen LogP contribution is -2.40. The van der Waals surface area contributed by atoms with Crippen LogP contribution < -0.4 is 5.32 Å². The second-order valence-corrected chi connectivity index (χ2v) is 8.23. The maximum Gasteiger partial charge on any atom is 0.310 e. The zero-order valence-electron chi connectivity index (χ0n) is 15.4. The molecule has 2 rings (SSSR count). The highest BCUT2D eigenvalue weighted by Gasteiger charge is 2.36. The Morgan fingerprint density at radius 3 is 2.75 bits per heavy atom. The van der Waals surface area contributed by atoms with Crippen LogP contribution in [0.5, 0.6) is 0 Å². The van der Waals surface area contributed by atoms with Crippen LogP contribution in [-0.4, -0.2) is 49.1 Å². The summed E-state index contributed by atoms with van der Waals surface area (Å²) in [5.41, 5.74) is 1.17. The summed E-state index contributed by atoms with van der Waals surface area (Å²) in [7, 11) is 3.21. The van der Waals surface area contributed by atoms with Crippen molar-refractivity contribution in [2.75, 3.05) is 27.2 Å². The minimum atomic E-state index is -0.143. The van der Waals surface area contributed by atoms with Crippen LogP contribution in [0.15, 0.2) is 10.4 Å². The first-order valence-electron chi connectivity index (χ1n) is 8.24. The summed E-state index contributed by atoms with van der Waals surface area (Å²) in [4.78, 5) is 23.0. The molecule has 134 valence electrons. The van der Waals surface area contributed by atoms with E-state index in [1.807, 2.05) is 0 Å². The van der Waals surface area contributed by atoms with Crippen molar-refractivity contribution >= 4 is 23.3 Å². The molecule has 1 aliphatic rings. The van der Waals surface area contributed by atoms with Crippen molar-refractivity contribution in [3.63, 3.8) is 0 Å². The Bertz CT molecular complexity index is 606. The second kappa shape index (κ2) is 7.51. The van der Waals surface area contributed by atoms with E-state index in [1.54, 1.807) is 18.4 Å². The number of methoxy groups -OCH3 is 1. The number of aromatic nitrogens is 1. The first-order chi connectivity index (χ1) is 11.3. The SMILES string of the molecule is CN=C(NCc1nc(C(C)(C)C)cs1)N1CC(C)C(C(=O)OC)C1. The van der Waals surface area contributed by atoms with Crippen LogP contribution in [0.3, 0.4) is 0 Å². The summed E-state index contributed by atoms with van der Waals surface area (Å²) in [6.45, 7) is 10.6. The minimum absolute atomic E-state index is 0.0640. The molecule has 1 aliphatic heterocycles. The minimum Gasteiger partial charge on any atom is -0.469 e. The second-order valence-electron chi connectivity index (χ2n) is 7.29. The van der Waals surface area contributed by atoms with Gasteiger partial charge >= 0.3 is 5.97 Å². The Morgan fingerprint density at radius 1 is 1.50 bits per heavy atom. The van der Waals surface area contributed by atoms with Gasteiger partial charge in [-0.25, -0.2) is 4.98 Å². The number of rotatable bonds is 3. The van der Waals surface area contributed by atoms with Crippen LogP contribution >= 0.6 is 11.3 Å². The molecule has 1 fully saturated rings. The number of nitrogens with one attached hydrogen (secondary N) is 1. The molecule has 0 amide bonds. The summed E-state index contributed by atoms with van der Waals surface area (Å²) < 4.78 is 4.90. The molecule has 1 N–H and O–H groups in total. The van der Waals surface area contributed by atoms with E-state index in [1.165, 1.54) is 7.11 Å². The van der Waals surface area contributed by atoms with E-state index in [0.29, 0.717) is 13.1 Å². The van der Waals surface area contributed by atoms with E-state index in [-0.39, 0.29) is 23.2 Å². The van der Waals surface area contributed by atoms with Crippen LogP contribution in [0.1, 0.15) is 38.4 Å². The third kappa shape index (κ3) is 4.26. The smallest absolute Gasteiger partial charge is 0.310 e. The highest BCUT2D eigenvalue weighted by atomic mass is 32.1. The lowest BCUT2D eigenvalue weighted by atomic mass is 9.93. The van der Waals surface area contributed by atoms with Gasteiger partial charge in [0.2, 0.25) is 0 Å². The molecule has 0 bridgehead atoms. The summed E-state index contributed by atoms with van der Waals surface area (Å²) in [6, 6.07) is 0. The average molecular weight is 353 g/mol. The monoisotopic (exact) mass is 352 g/mol. The molecule has 0 aliphatic carbocycles. The summed E-state index contributed by atoms with van der Waals surface area (Å²) in [5, 5.41) is 6.52. The van der Waals surface area contributed by atoms with E-state index in [4.69, 9.17) is 9.72 Å². The van der Waals surface area contributed by atoms with Crippen molar-refractivity contribution in [1.29, 1.82) is 0 Å². The number of likely N-dealkylation sites (tertiary alicyclic amines) is 1. The largest absolute Gasteiger partial charge is 0.469 e. The van der Waals surface area contributed by atoms with Crippen molar-refractivity contribution in [3.05, 3.63) is 16.1 Å². The van der Waals surface area contributed by atoms with Crippen molar-refractivity contribution in [1.82, 2.24) is 15.2 Å². The molecule has 6 nitrogen and oxygen atoms in total. The third-order valence-corrected chi connectivity index (χ3v) is 5.19. The summed E-state index contributed by atoms with van der Waals surface area (Å²) in [5.74, 6) is 0.820. The normalized spacial score (nSPS) is 21.9. The standard InChI is InChI=1S/C17H28N4O2S/c1-11-8-21(9-12(11)15(22)23-6)16(18-5)19-7-14-20-13(10-24-14)17(2,3)4/h10-12H,7-9H2,1-6H3,(H,18,19). The Labute approximate surface area is 148 Å². The quantitative estimate of drug-likeness (QED) is 0.513. The Kier molecular flexibility index (Phi) is 5.85. The molecular formula is C17H28N4O2S. The Morgan fingerprint density at radius 2 is 2.21 bits per heavy atom. The van der Waals surface area contributed by atoms with E-state index in [9.17, 15) is 4.79 Å². The van der Waals surface area contributed by atoms with Gasteiger partial charge in [0.25, 0.3) is 0 Å². The predicted molar refractivity (Wildman–Crippen MR) is 97.3 cm³/mol. The van der Waals surface area contributed by atoms with Crippen LogP contribution in [-0.2, 0) is 21.5 Å². The van der Waals surface area contributed by atoms with Gasteiger partial charge in [-0.3, -0.25) is 9.79 Å². The van der Waals surface area contributed by atoms with Crippen molar-refractivity contribution in [2.24, 2.45) is 16.8 Å². The average Bonchev–Trinajstić information content (AvgIpc) is 3.14. The van der Waals surface area contributed by atoms with Gasteiger partial charge < -0.3 is 15.0 Å². The molecule has 24 heavy (non-hydrogen) atoms. The summed E-state index contributed by atoms with van der Waals surface area (Å²) >= 11 is 1.66. The van der Waals surface area contributed by atoms with Crippen molar-refractivity contribution in [3.8, 4) is 0 Å². The van der Waals surface area contributed by atoms with Gasteiger partial charge in [-0.2, -0.15) is 0 Å². The maximum atomic E-state index is 11.8. The van der Waals surface area contributed by atoms with Crippen LogP contribution in [0, 0.1) is 11.8 Å². The fraction of sp³-hybridized carbons (Fsp3) is 0.706. The third-order valence-electron chi connectivity index (χ3n) is 4.35. The van der Waals surface area contributed by atoms with E-state index in [0.717, 1.165) is 23.2 Å². The van der Waals surface area contributed by atoms with E-state index < -0.39 is 0 Å². The molecule has 1 saturated heterocycles. The molecule has 2 atom stereocenters. The van der Waals surface area contributed by atoms with Gasteiger partial charge in [0.15, 0.2) is 5.96 Å². The van der Waals surface area contributed by atoms with Gasteiger partial charge in [-0.15, -0.1) is 11.3 Å². The fourth-order valence-corrected chi connectivity index (χ4v) is 3.78. The molecule has 1 aromatic heterocycles. The van der Waals surface area contributed by atoms with Gasteiger partial charge in [0, 0.05) is 30.9 Å². The number of nitrogens with zero attached hydrogens (tertiary/aromatic N) is 3. The van der Waals surface area contributed by atoms with E-state index in [2.05, 4.69) is 48.3 Å². The predicted octanol–water partition coefficient (Wildman–Crippen LogP) is 2.26. The topological polar surface area (TPSA) is 66.8 Å². The lowest BCUT2D eigenvalue weighted by molar-refractivity contribution is -0.145. The van der Waals surface area contributed by atoms with Crippen LogP contribution in [0.4, 0.5) is 0 Å². The molecule has 1 aromatic rings. The first kappa shape index (κ1) is 18.7. The number of hydrogen-bond acceptors (Lipinski definition) is 5. The van der Waals surface area contributed by atoms with Gasteiger partial charge in [-0.1, -0.05) is 27.7 Å². The van der Waals surface area contributed by atoms with Gasteiger partial charge in [0.1, 0.15) is 5.01 Å². The maximum absolute atomic E-state index is 11.8. The zero-order valence-corrected chi connectivity index (χ0v) is 16.2. The Hall–Kier alpha value is -1.63. The molecule has 2 unspecified atom stereocenters. The number of esters is 1. The number of thiazole rings is 1. The highest BCUT2D eigenvalue weighted by Crippen LogP contribution is 2.25. The molecule has 0 spiro atoms. The number of carbonyl (C=O) groups excluding carboxylic acids is 1. The number of guanidine groups is 1. The fourth-order valence-electron chi connectivity index (χ4n) is 2.82. The molecule has 0 radical (unpaired) electrons. The number of aliphatic imine (C=N–C) groups is 1. The van der Waals surface area contributed by atoms with Gasteiger partial charge in [0.05, 0.1) is 25.3 Å². The van der Waals surface area contributed by atoms with Crippen molar-refractivity contribution < 1.29 is 9.53 Å². The first-order valence-corrected chi connectivity index (χ1v) is 9.12. The molecule has 7 heteroatoms.